The van der Waals surface area contributed by atoms with Crippen molar-refractivity contribution in [2.45, 2.75) is 33.4 Å². The van der Waals surface area contributed by atoms with Crippen LogP contribution in [0, 0.1) is 20.8 Å². The molecule has 0 fully saturated rings. The topological polar surface area (TPSA) is 0 Å². The molecule has 0 radical (unpaired) electrons. The summed E-state index contributed by atoms with van der Waals surface area (Å²) >= 11 is 0. The lowest BCUT2D eigenvalue weighted by Crippen LogP contribution is -2.08. The van der Waals surface area contributed by atoms with Gasteiger partial charge in [0.05, 0.1) is 5.56 Å². The van der Waals surface area contributed by atoms with Crippen LogP contribution < -0.4 is 0 Å². The van der Waals surface area contributed by atoms with Gasteiger partial charge in [0.2, 0.25) is 0 Å². The molecule has 0 bridgehead atoms. The quantitative estimate of drug-likeness (QED) is 0.706. The van der Waals surface area contributed by atoms with Gasteiger partial charge in [-0.15, -0.1) is 0 Å². The van der Waals surface area contributed by atoms with Gasteiger partial charge >= 0.3 is 6.18 Å². The second-order valence-electron chi connectivity index (χ2n) is 5.24. The number of hydrogen-bond donors (Lipinski definition) is 0. The van der Waals surface area contributed by atoms with E-state index < -0.39 is 11.7 Å². The first-order valence-electron chi connectivity index (χ1n) is 6.50. The van der Waals surface area contributed by atoms with E-state index in [0.29, 0.717) is 12.0 Å². The predicted octanol–water partition coefficient (Wildman–Crippen LogP) is 5.22. The Kier molecular flexibility index (Phi) is 3.89. The first-order chi connectivity index (χ1) is 9.27. The summed E-state index contributed by atoms with van der Waals surface area (Å²) in [5, 5.41) is 0. The number of benzene rings is 2. The molecule has 0 aliphatic carbocycles. The van der Waals surface area contributed by atoms with Gasteiger partial charge in [-0.2, -0.15) is 13.2 Å². The van der Waals surface area contributed by atoms with Gasteiger partial charge in [0.1, 0.15) is 0 Å². The van der Waals surface area contributed by atoms with E-state index in [9.17, 15) is 13.2 Å². The Morgan fingerprint density at radius 1 is 0.750 bits per heavy atom. The fourth-order valence-corrected chi connectivity index (χ4v) is 2.23. The molecule has 0 amide bonds. The fourth-order valence-electron chi connectivity index (χ4n) is 2.23. The molecule has 106 valence electrons. The highest BCUT2D eigenvalue weighted by molar-refractivity contribution is 5.38. The molecule has 0 nitrogen and oxygen atoms in total. The van der Waals surface area contributed by atoms with E-state index in [4.69, 9.17) is 0 Å². The zero-order valence-corrected chi connectivity index (χ0v) is 11.8. The third-order valence-corrected chi connectivity index (χ3v) is 3.59. The molecule has 0 spiro atoms. The second-order valence-corrected chi connectivity index (χ2v) is 5.24. The molecule has 0 atom stereocenters. The minimum absolute atomic E-state index is 0.265. The number of hydrogen-bond acceptors (Lipinski definition) is 0. The maximum atomic E-state index is 12.9. The first kappa shape index (κ1) is 14.6. The molecule has 0 aliphatic heterocycles. The Hall–Kier alpha value is -1.77. The smallest absolute Gasteiger partial charge is 0.166 e. The van der Waals surface area contributed by atoms with Crippen LogP contribution in [0.25, 0.3) is 0 Å². The fraction of sp³-hybridized carbons (Fsp3) is 0.294. The van der Waals surface area contributed by atoms with Crippen LogP contribution in [0.4, 0.5) is 13.2 Å². The Bertz CT molecular complexity index is 625. The number of halogens is 3. The lowest BCUT2D eigenvalue weighted by molar-refractivity contribution is -0.138. The molecular formula is C17H17F3. The lowest BCUT2D eigenvalue weighted by Gasteiger charge is -2.12. The average Bonchev–Trinajstić information content (AvgIpc) is 2.35. The van der Waals surface area contributed by atoms with Crippen LogP contribution in [0.3, 0.4) is 0 Å². The van der Waals surface area contributed by atoms with Gasteiger partial charge in [-0.1, -0.05) is 30.3 Å². The molecule has 0 saturated heterocycles. The summed E-state index contributed by atoms with van der Waals surface area (Å²) in [7, 11) is 0. The predicted molar refractivity (Wildman–Crippen MR) is 74.9 cm³/mol. The maximum Gasteiger partial charge on any atom is 0.416 e. The molecule has 0 heterocycles. The highest BCUT2D eigenvalue weighted by Gasteiger charge is 2.32. The maximum absolute atomic E-state index is 12.9. The largest absolute Gasteiger partial charge is 0.416 e. The molecular weight excluding hydrogens is 261 g/mol. The van der Waals surface area contributed by atoms with Gasteiger partial charge < -0.3 is 0 Å². The van der Waals surface area contributed by atoms with Gasteiger partial charge in [-0.25, -0.2) is 0 Å². The zero-order valence-electron chi connectivity index (χ0n) is 11.8. The summed E-state index contributed by atoms with van der Waals surface area (Å²) in [5.74, 6) is 0. The van der Waals surface area contributed by atoms with Gasteiger partial charge in [0.15, 0.2) is 0 Å². The van der Waals surface area contributed by atoms with Crippen molar-refractivity contribution in [2.75, 3.05) is 0 Å². The van der Waals surface area contributed by atoms with Gasteiger partial charge in [-0.05, 0) is 61.1 Å². The Balaban J connectivity index is 2.32. The van der Waals surface area contributed by atoms with E-state index in [1.54, 1.807) is 12.1 Å². The molecule has 2 rings (SSSR count). The summed E-state index contributed by atoms with van der Waals surface area (Å²) in [5.41, 5.74) is 3.79. The third-order valence-electron chi connectivity index (χ3n) is 3.59. The summed E-state index contributed by atoms with van der Waals surface area (Å²) in [4.78, 5) is 0. The Labute approximate surface area is 117 Å². The summed E-state index contributed by atoms with van der Waals surface area (Å²) in [6.45, 7) is 5.52. The van der Waals surface area contributed by atoms with E-state index >= 15 is 0 Å². The van der Waals surface area contributed by atoms with E-state index in [2.05, 4.69) is 0 Å². The average molecular weight is 278 g/mol. The molecule has 0 saturated carbocycles. The molecule has 0 aromatic heterocycles. The SMILES string of the molecule is Cc1ccc(Cc2ccc(C)c(C(F)(F)F)c2)cc1C. The Morgan fingerprint density at radius 3 is 1.85 bits per heavy atom. The van der Waals surface area contributed by atoms with E-state index in [1.807, 2.05) is 32.0 Å². The molecule has 2 aromatic carbocycles. The normalized spacial score (nSPS) is 11.7. The molecule has 3 heteroatoms. The summed E-state index contributed by atoms with van der Waals surface area (Å²) < 4.78 is 38.7. The van der Waals surface area contributed by atoms with E-state index in [0.717, 1.165) is 11.1 Å². The molecule has 0 unspecified atom stereocenters. The van der Waals surface area contributed by atoms with Crippen molar-refractivity contribution in [3.05, 3.63) is 69.8 Å². The van der Waals surface area contributed by atoms with Crippen molar-refractivity contribution < 1.29 is 13.2 Å². The van der Waals surface area contributed by atoms with Crippen LogP contribution >= 0.6 is 0 Å². The van der Waals surface area contributed by atoms with Gasteiger partial charge in [0, 0.05) is 0 Å². The summed E-state index contributed by atoms with van der Waals surface area (Å²) in [6.07, 6.45) is -3.77. The highest BCUT2D eigenvalue weighted by atomic mass is 19.4. The van der Waals surface area contributed by atoms with E-state index in [1.165, 1.54) is 18.6 Å². The molecule has 2 aromatic rings. The van der Waals surface area contributed by atoms with E-state index in [-0.39, 0.29) is 5.56 Å². The molecule has 0 aliphatic rings. The van der Waals surface area contributed by atoms with Gasteiger partial charge in [0.25, 0.3) is 0 Å². The van der Waals surface area contributed by atoms with Crippen LogP contribution in [0.15, 0.2) is 36.4 Å². The van der Waals surface area contributed by atoms with Crippen LogP contribution in [0.2, 0.25) is 0 Å². The lowest BCUT2D eigenvalue weighted by atomic mass is 9.97. The number of aryl methyl sites for hydroxylation is 3. The van der Waals surface area contributed by atoms with Crippen LogP contribution in [-0.4, -0.2) is 0 Å². The van der Waals surface area contributed by atoms with Crippen molar-refractivity contribution in [2.24, 2.45) is 0 Å². The van der Waals surface area contributed by atoms with Crippen LogP contribution in [0.5, 0.6) is 0 Å². The highest BCUT2D eigenvalue weighted by Crippen LogP contribution is 2.32. The van der Waals surface area contributed by atoms with Crippen molar-refractivity contribution >= 4 is 0 Å². The van der Waals surface area contributed by atoms with Crippen molar-refractivity contribution in [3.63, 3.8) is 0 Å². The van der Waals surface area contributed by atoms with Crippen LogP contribution in [0.1, 0.15) is 33.4 Å². The zero-order chi connectivity index (χ0) is 14.9. The Morgan fingerprint density at radius 2 is 1.30 bits per heavy atom. The monoisotopic (exact) mass is 278 g/mol. The first-order valence-corrected chi connectivity index (χ1v) is 6.50. The second kappa shape index (κ2) is 5.31. The molecule has 20 heavy (non-hydrogen) atoms. The van der Waals surface area contributed by atoms with Crippen molar-refractivity contribution in [3.8, 4) is 0 Å². The minimum atomic E-state index is -4.29. The molecule has 0 N–H and O–H groups in total. The van der Waals surface area contributed by atoms with Crippen molar-refractivity contribution in [1.82, 2.24) is 0 Å². The minimum Gasteiger partial charge on any atom is -0.166 e. The standard InChI is InChI=1S/C17H17F3/c1-11-4-6-14(8-13(11)3)9-15-7-5-12(2)16(10-15)17(18,19)20/h4-8,10H,9H2,1-3H3. The summed E-state index contributed by atoms with van der Waals surface area (Å²) in [6, 6.07) is 10.6. The number of rotatable bonds is 2. The van der Waals surface area contributed by atoms with Crippen LogP contribution in [-0.2, 0) is 12.6 Å². The third kappa shape index (κ3) is 3.21. The number of alkyl halides is 3. The van der Waals surface area contributed by atoms with Crippen molar-refractivity contribution in [1.29, 1.82) is 0 Å². The van der Waals surface area contributed by atoms with Gasteiger partial charge in [-0.3, -0.25) is 0 Å².